The lowest BCUT2D eigenvalue weighted by atomic mass is 10.1. The molecule has 0 aliphatic heterocycles. The minimum Gasteiger partial charge on any atom is -0.309 e. The quantitative estimate of drug-likeness (QED) is 0.769. The van der Waals surface area contributed by atoms with Gasteiger partial charge in [0.2, 0.25) is 5.91 Å². The van der Waals surface area contributed by atoms with E-state index in [9.17, 15) is 4.79 Å². The number of H-pyrrole nitrogens is 1. The average molecular weight is 277 g/mol. The number of carbonyl (C=O) groups excluding carboxylic acids is 1. The maximum atomic E-state index is 12.0. The molecular formula is C17H15N3O. The average Bonchev–Trinajstić information content (AvgIpc) is 2.97. The first kappa shape index (κ1) is 13.1. The number of aromatic nitrogens is 2. The number of anilines is 1. The zero-order chi connectivity index (χ0) is 14.5. The molecule has 0 unspecified atom stereocenters. The molecule has 0 fully saturated rings. The Balaban J connectivity index is 1.66. The summed E-state index contributed by atoms with van der Waals surface area (Å²) in [4.78, 5) is 12.0. The number of carbonyl (C=O) groups is 1. The highest BCUT2D eigenvalue weighted by Gasteiger charge is 2.07. The maximum Gasteiger partial charge on any atom is 0.229 e. The Morgan fingerprint density at radius 3 is 2.38 bits per heavy atom. The molecule has 2 N–H and O–H groups in total. The van der Waals surface area contributed by atoms with Gasteiger partial charge in [0, 0.05) is 6.07 Å². The summed E-state index contributed by atoms with van der Waals surface area (Å²) < 4.78 is 0. The van der Waals surface area contributed by atoms with Gasteiger partial charge in [0.15, 0.2) is 5.82 Å². The van der Waals surface area contributed by atoms with Crippen molar-refractivity contribution in [3.63, 3.8) is 0 Å². The van der Waals surface area contributed by atoms with Crippen molar-refractivity contribution in [2.75, 3.05) is 5.32 Å². The number of aromatic amines is 1. The smallest absolute Gasteiger partial charge is 0.229 e. The highest BCUT2D eigenvalue weighted by molar-refractivity contribution is 5.91. The molecule has 3 aromatic rings. The largest absolute Gasteiger partial charge is 0.309 e. The fourth-order valence-electron chi connectivity index (χ4n) is 2.12. The van der Waals surface area contributed by atoms with Crippen molar-refractivity contribution < 1.29 is 4.79 Å². The van der Waals surface area contributed by atoms with Crippen LogP contribution in [0.1, 0.15) is 5.56 Å². The van der Waals surface area contributed by atoms with Crippen molar-refractivity contribution in [2.45, 2.75) is 6.42 Å². The second-order valence-electron chi connectivity index (χ2n) is 4.74. The van der Waals surface area contributed by atoms with Crippen LogP contribution in [0.5, 0.6) is 0 Å². The SMILES string of the molecule is O=C(Cc1ccccc1)Nc1cc(-c2ccccc2)[nH]n1. The van der Waals surface area contributed by atoms with Crippen molar-refractivity contribution in [1.82, 2.24) is 10.2 Å². The first-order chi connectivity index (χ1) is 10.3. The number of nitrogens with one attached hydrogen (secondary N) is 2. The zero-order valence-electron chi connectivity index (χ0n) is 11.4. The van der Waals surface area contributed by atoms with E-state index in [-0.39, 0.29) is 5.91 Å². The minimum absolute atomic E-state index is 0.0766. The molecular weight excluding hydrogens is 262 g/mol. The molecule has 1 heterocycles. The topological polar surface area (TPSA) is 57.8 Å². The third-order valence-electron chi connectivity index (χ3n) is 3.14. The molecule has 1 aromatic heterocycles. The predicted molar refractivity (Wildman–Crippen MR) is 82.8 cm³/mol. The Labute approximate surface area is 122 Å². The summed E-state index contributed by atoms with van der Waals surface area (Å²) in [6, 6.07) is 21.3. The number of nitrogens with zero attached hydrogens (tertiary/aromatic N) is 1. The molecule has 0 spiro atoms. The molecule has 3 rings (SSSR count). The molecule has 0 bridgehead atoms. The molecule has 0 saturated heterocycles. The van der Waals surface area contributed by atoms with E-state index in [0.29, 0.717) is 12.2 Å². The van der Waals surface area contributed by atoms with Crippen LogP contribution < -0.4 is 5.32 Å². The second-order valence-corrected chi connectivity index (χ2v) is 4.74. The third kappa shape index (κ3) is 3.36. The summed E-state index contributed by atoms with van der Waals surface area (Å²) in [5.41, 5.74) is 2.90. The lowest BCUT2D eigenvalue weighted by molar-refractivity contribution is -0.115. The van der Waals surface area contributed by atoms with E-state index >= 15 is 0 Å². The molecule has 104 valence electrons. The first-order valence-electron chi connectivity index (χ1n) is 6.76. The predicted octanol–water partition coefficient (Wildman–Crippen LogP) is 3.26. The Bertz CT molecular complexity index is 720. The summed E-state index contributed by atoms with van der Waals surface area (Å²) in [6.45, 7) is 0. The molecule has 0 aliphatic carbocycles. The normalized spacial score (nSPS) is 10.3. The minimum atomic E-state index is -0.0766. The molecule has 0 saturated carbocycles. The van der Waals surface area contributed by atoms with E-state index in [4.69, 9.17) is 0 Å². The van der Waals surface area contributed by atoms with Gasteiger partial charge in [0.1, 0.15) is 0 Å². The van der Waals surface area contributed by atoms with Gasteiger partial charge in [0.25, 0.3) is 0 Å². The van der Waals surface area contributed by atoms with Crippen LogP contribution in [0, 0.1) is 0 Å². The van der Waals surface area contributed by atoms with Gasteiger partial charge in [-0.05, 0) is 11.1 Å². The van der Waals surface area contributed by atoms with E-state index < -0.39 is 0 Å². The van der Waals surface area contributed by atoms with Crippen molar-refractivity contribution >= 4 is 11.7 Å². The summed E-state index contributed by atoms with van der Waals surface area (Å²) in [5.74, 6) is 0.460. The van der Waals surface area contributed by atoms with E-state index in [1.807, 2.05) is 66.7 Å². The van der Waals surface area contributed by atoms with Crippen molar-refractivity contribution in [3.05, 3.63) is 72.3 Å². The zero-order valence-corrected chi connectivity index (χ0v) is 11.4. The maximum absolute atomic E-state index is 12.0. The molecule has 4 heteroatoms. The van der Waals surface area contributed by atoms with Crippen LogP contribution in [0.2, 0.25) is 0 Å². The molecule has 0 radical (unpaired) electrons. The molecule has 0 atom stereocenters. The van der Waals surface area contributed by atoms with Gasteiger partial charge in [-0.2, -0.15) is 5.10 Å². The first-order valence-corrected chi connectivity index (χ1v) is 6.76. The van der Waals surface area contributed by atoms with E-state index in [2.05, 4.69) is 15.5 Å². The highest BCUT2D eigenvalue weighted by atomic mass is 16.1. The van der Waals surface area contributed by atoms with E-state index in [1.165, 1.54) is 0 Å². The van der Waals surface area contributed by atoms with Gasteiger partial charge in [-0.25, -0.2) is 0 Å². The van der Waals surface area contributed by atoms with E-state index in [1.54, 1.807) is 0 Å². The lowest BCUT2D eigenvalue weighted by Crippen LogP contribution is -2.14. The van der Waals surface area contributed by atoms with E-state index in [0.717, 1.165) is 16.8 Å². The molecule has 4 nitrogen and oxygen atoms in total. The molecule has 2 aromatic carbocycles. The Morgan fingerprint density at radius 2 is 1.67 bits per heavy atom. The second kappa shape index (κ2) is 6.05. The van der Waals surface area contributed by atoms with Gasteiger partial charge < -0.3 is 5.32 Å². The Hall–Kier alpha value is -2.88. The summed E-state index contributed by atoms with van der Waals surface area (Å²) in [7, 11) is 0. The number of rotatable bonds is 4. The fraction of sp³-hybridized carbons (Fsp3) is 0.0588. The monoisotopic (exact) mass is 277 g/mol. The summed E-state index contributed by atoms with van der Waals surface area (Å²) >= 11 is 0. The van der Waals surface area contributed by atoms with Gasteiger partial charge in [-0.15, -0.1) is 0 Å². The number of benzene rings is 2. The van der Waals surface area contributed by atoms with Gasteiger partial charge in [-0.1, -0.05) is 60.7 Å². The van der Waals surface area contributed by atoms with Crippen LogP contribution in [0.3, 0.4) is 0 Å². The standard InChI is InChI=1S/C17H15N3O/c21-17(11-13-7-3-1-4-8-13)18-16-12-15(19-20-16)14-9-5-2-6-10-14/h1-10,12H,11H2,(H2,18,19,20,21). The van der Waals surface area contributed by atoms with Crippen LogP contribution >= 0.6 is 0 Å². The summed E-state index contributed by atoms with van der Waals surface area (Å²) in [5, 5.41) is 9.84. The van der Waals surface area contributed by atoms with Crippen LogP contribution in [0.15, 0.2) is 66.7 Å². The van der Waals surface area contributed by atoms with Gasteiger partial charge in [0.05, 0.1) is 12.1 Å². The van der Waals surface area contributed by atoms with Crippen LogP contribution in [0.4, 0.5) is 5.82 Å². The van der Waals surface area contributed by atoms with Crippen LogP contribution in [-0.2, 0) is 11.2 Å². The van der Waals surface area contributed by atoms with Gasteiger partial charge in [-0.3, -0.25) is 9.89 Å². The number of hydrogen-bond donors (Lipinski definition) is 2. The molecule has 21 heavy (non-hydrogen) atoms. The fourth-order valence-corrected chi connectivity index (χ4v) is 2.12. The Morgan fingerprint density at radius 1 is 1.00 bits per heavy atom. The van der Waals surface area contributed by atoms with Gasteiger partial charge >= 0.3 is 0 Å². The van der Waals surface area contributed by atoms with Crippen molar-refractivity contribution in [2.24, 2.45) is 0 Å². The highest BCUT2D eigenvalue weighted by Crippen LogP contribution is 2.19. The molecule has 1 amide bonds. The van der Waals surface area contributed by atoms with Crippen molar-refractivity contribution in [1.29, 1.82) is 0 Å². The number of hydrogen-bond acceptors (Lipinski definition) is 2. The third-order valence-corrected chi connectivity index (χ3v) is 3.14. The molecule has 0 aliphatic rings. The van der Waals surface area contributed by atoms with Crippen LogP contribution in [-0.4, -0.2) is 16.1 Å². The summed E-state index contributed by atoms with van der Waals surface area (Å²) in [6.07, 6.45) is 0.342. The Kier molecular flexibility index (Phi) is 3.78. The lowest BCUT2D eigenvalue weighted by Gasteiger charge is -2.01. The number of amides is 1. The van der Waals surface area contributed by atoms with Crippen molar-refractivity contribution in [3.8, 4) is 11.3 Å². The van der Waals surface area contributed by atoms with Crippen LogP contribution in [0.25, 0.3) is 11.3 Å².